The molecule has 2 aromatic rings. The minimum Gasteiger partial charge on any atom is -0.340 e. The van der Waals surface area contributed by atoms with Crippen molar-refractivity contribution in [1.29, 1.82) is 0 Å². The van der Waals surface area contributed by atoms with Gasteiger partial charge in [0, 0.05) is 54.8 Å². The first-order valence-electron chi connectivity index (χ1n) is 13.4. The number of nitrogens with one attached hydrogen (secondary N) is 1. The zero-order valence-corrected chi connectivity index (χ0v) is 24.3. The van der Waals surface area contributed by atoms with E-state index in [1.807, 2.05) is 23.2 Å². The van der Waals surface area contributed by atoms with E-state index in [0.29, 0.717) is 54.7 Å². The molecule has 5 heterocycles. The summed E-state index contributed by atoms with van der Waals surface area (Å²) in [6.07, 6.45) is 8.07. The highest BCUT2D eigenvalue weighted by Crippen LogP contribution is 2.29. The molecule has 13 heteroatoms. The predicted octanol–water partition coefficient (Wildman–Crippen LogP) is 2.68. The molecule has 2 aromatic heterocycles. The number of carbonyl (C=O) groups is 3. The quantitative estimate of drug-likeness (QED) is 0.494. The van der Waals surface area contributed by atoms with E-state index in [-0.39, 0.29) is 24.3 Å². The Balaban J connectivity index is 1.17. The lowest BCUT2D eigenvalue weighted by Gasteiger charge is -2.34. The fourth-order valence-corrected chi connectivity index (χ4v) is 7.72. The van der Waals surface area contributed by atoms with Gasteiger partial charge in [-0.25, -0.2) is 8.42 Å². The average Bonchev–Trinajstić information content (AvgIpc) is 3.71. The van der Waals surface area contributed by atoms with Gasteiger partial charge in [0.1, 0.15) is 12.1 Å². The molecule has 0 bridgehead atoms. The number of amides is 3. The van der Waals surface area contributed by atoms with Gasteiger partial charge in [0.15, 0.2) is 0 Å². The average molecular weight is 606 g/mol. The van der Waals surface area contributed by atoms with Crippen molar-refractivity contribution in [2.75, 3.05) is 32.7 Å². The van der Waals surface area contributed by atoms with Crippen LogP contribution in [0.5, 0.6) is 0 Å². The largest absolute Gasteiger partial charge is 0.340 e. The highest BCUT2D eigenvalue weighted by molar-refractivity contribution is 7.92. The van der Waals surface area contributed by atoms with Gasteiger partial charge >= 0.3 is 0 Å². The van der Waals surface area contributed by atoms with Crippen LogP contribution in [0.25, 0.3) is 6.08 Å². The van der Waals surface area contributed by atoms with Gasteiger partial charge < -0.3 is 14.7 Å². The van der Waals surface area contributed by atoms with Crippen molar-refractivity contribution < 1.29 is 22.8 Å². The molecule has 0 radical (unpaired) electrons. The number of aromatic nitrogens is 1. The standard InChI is InChI=1S/C27H32ClN5O5S2/c28-24-8-7-21(39-24)10-15-40(37,38)30-22-5-2-12-31(26(22)35)18-25(34)33-13-3-6-23(33)27(36)32-14-9-20(17-32)19-4-1-11-29-16-19/h1,4,7-8,10-11,15-16,20,22-23,30H,2-3,5-6,9,12-14,17-18H2/t20?,22-,23-/m0/s1. The van der Waals surface area contributed by atoms with E-state index in [1.165, 1.54) is 22.3 Å². The Hall–Kier alpha value is -2.80. The Kier molecular flexibility index (Phi) is 8.89. The molecule has 3 atom stereocenters. The molecule has 1 unspecified atom stereocenters. The summed E-state index contributed by atoms with van der Waals surface area (Å²) < 4.78 is 28.2. The number of hydrogen-bond acceptors (Lipinski definition) is 7. The van der Waals surface area contributed by atoms with Crippen molar-refractivity contribution in [2.24, 2.45) is 0 Å². The second kappa shape index (κ2) is 12.4. The van der Waals surface area contributed by atoms with E-state index >= 15 is 0 Å². The van der Waals surface area contributed by atoms with Gasteiger partial charge in [-0.3, -0.25) is 19.4 Å². The Morgan fingerprint density at radius 2 is 1.95 bits per heavy atom. The van der Waals surface area contributed by atoms with E-state index in [9.17, 15) is 22.8 Å². The molecule has 10 nitrogen and oxygen atoms in total. The normalized spacial score (nSPS) is 23.9. The molecule has 5 rings (SSSR count). The molecule has 0 aromatic carbocycles. The number of thiophene rings is 1. The minimum absolute atomic E-state index is 0.0494. The van der Waals surface area contributed by atoms with Gasteiger partial charge in [0.25, 0.3) is 0 Å². The van der Waals surface area contributed by atoms with Crippen molar-refractivity contribution in [3.05, 3.63) is 56.8 Å². The third-order valence-corrected chi connectivity index (χ3v) is 9.99. The summed E-state index contributed by atoms with van der Waals surface area (Å²) in [5.41, 5.74) is 1.11. The molecule has 3 aliphatic heterocycles. The number of piperidine rings is 1. The van der Waals surface area contributed by atoms with Gasteiger partial charge in [-0.15, -0.1) is 11.3 Å². The summed E-state index contributed by atoms with van der Waals surface area (Å²) in [4.78, 5) is 49.6. The number of likely N-dealkylation sites (tertiary alicyclic amines) is 3. The zero-order chi connectivity index (χ0) is 28.3. The topological polar surface area (TPSA) is 120 Å². The molecule has 3 aliphatic rings. The lowest BCUT2D eigenvalue weighted by molar-refractivity contribution is -0.147. The lowest BCUT2D eigenvalue weighted by Crippen LogP contribution is -2.55. The molecule has 3 amide bonds. The molecule has 3 saturated heterocycles. The van der Waals surface area contributed by atoms with E-state index in [1.54, 1.807) is 23.2 Å². The zero-order valence-electron chi connectivity index (χ0n) is 21.9. The summed E-state index contributed by atoms with van der Waals surface area (Å²) in [5, 5.41) is 1.02. The monoisotopic (exact) mass is 605 g/mol. The Bertz CT molecular complexity index is 1380. The first kappa shape index (κ1) is 28.7. The van der Waals surface area contributed by atoms with Crippen LogP contribution in [-0.2, 0) is 24.4 Å². The number of halogens is 1. The van der Waals surface area contributed by atoms with Gasteiger partial charge in [0.2, 0.25) is 27.7 Å². The molecule has 0 spiro atoms. The first-order valence-corrected chi connectivity index (χ1v) is 16.2. The lowest BCUT2D eigenvalue weighted by atomic mass is 10.0. The molecular weight excluding hydrogens is 574 g/mol. The number of sulfonamides is 1. The van der Waals surface area contributed by atoms with Crippen LogP contribution in [0, 0.1) is 0 Å². The third-order valence-electron chi connectivity index (χ3n) is 7.68. The summed E-state index contributed by atoms with van der Waals surface area (Å²) in [6, 6.07) is 5.81. The summed E-state index contributed by atoms with van der Waals surface area (Å²) in [6.45, 7) is 1.88. The summed E-state index contributed by atoms with van der Waals surface area (Å²) in [5.74, 6) is -0.540. The maximum Gasteiger partial charge on any atom is 0.245 e. The Labute approximate surface area is 243 Å². The van der Waals surface area contributed by atoms with Gasteiger partial charge in [-0.2, -0.15) is 4.72 Å². The predicted molar refractivity (Wildman–Crippen MR) is 153 cm³/mol. The van der Waals surface area contributed by atoms with Crippen LogP contribution in [0.2, 0.25) is 4.34 Å². The second-order valence-corrected chi connectivity index (χ2v) is 13.7. The van der Waals surface area contributed by atoms with Crippen molar-refractivity contribution in [3.63, 3.8) is 0 Å². The molecule has 0 saturated carbocycles. The summed E-state index contributed by atoms with van der Waals surface area (Å²) >= 11 is 7.14. The first-order chi connectivity index (χ1) is 19.2. The van der Waals surface area contributed by atoms with E-state index in [2.05, 4.69) is 9.71 Å². The van der Waals surface area contributed by atoms with Gasteiger partial charge in [0.05, 0.1) is 10.9 Å². The molecule has 0 aliphatic carbocycles. The number of carbonyl (C=O) groups excluding carboxylic acids is 3. The molecule has 40 heavy (non-hydrogen) atoms. The highest BCUT2D eigenvalue weighted by atomic mass is 35.5. The SMILES string of the molecule is O=C1[C@@H](NS(=O)(=O)C=Cc2ccc(Cl)s2)CCCN1CC(=O)N1CCC[C@H]1C(=O)N1CCC(c2cccnc2)C1. The van der Waals surface area contributed by atoms with Crippen LogP contribution in [0.15, 0.2) is 42.1 Å². The van der Waals surface area contributed by atoms with E-state index in [4.69, 9.17) is 11.6 Å². The Morgan fingerprint density at radius 3 is 2.70 bits per heavy atom. The molecule has 1 N–H and O–H groups in total. The molecule has 3 fully saturated rings. The van der Waals surface area contributed by atoms with Crippen molar-refractivity contribution in [3.8, 4) is 0 Å². The van der Waals surface area contributed by atoms with Crippen LogP contribution in [0.1, 0.15) is 48.5 Å². The maximum atomic E-state index is 13.4. The van der Waals surface area contributed by atoms with Gasteiger partial charge in [-0.1, -0.05) is 17.7 Å². The van der Waals surface area contributed by atoms with Crippen LogP contribution >= 0.6 is 22.9 Å². The van der Waals surface area contributed by atoms with Crippen molar-refractivity contribution >= 4 is 56.8 Å². The van der Waals surface area contributed by atoms with Crippen molar-refractivity contribution in [2.45, 2.75) is 50.1 Å². The highest BCUT2D eigenvalue weighted by Gasteiger charge is 2.40. The fraction of sp³-hybridized carbons (Fsp3) is 0.481. The number of rotatable bonds is 8. The third kappa shape index (κ3) is 6.73. The van der Waals surface area contributed by atoms with Crippen LogP contribution < -0.4 is 4.72 Å². The maximum absolute atomic E-state index is 13.4. The summed E-state index contributed by atoms with van der Waals surface area (Å²) in [7, 11) is -3.89. The fourth-order valence-electron chi connectivity index (χ4n) is 5.66. The van der Waals surface area contributed by atoms with Crippen LogP contribution in [0.3, 0.4) is 0 Å². The smallest absolute Gasteiger partial charge is 0.245 e. The number of nitrogens with zero attached hydrogens (tertiary/aromatic N) is 4. The number of pyridine rings is 1. The van der Waals surface area contributed by atoms with Crippen LogP contribution in [0.4, 0.5) is 0 Å². The van der Waals surface area contributed by atoms with E-state index < -0.39 is 28.0 Å². The van der Waals surface area contributed by atoms with Gasteiger partial charge in [-0.05, 0) is 61.9 Å². The Morgan fingerprint density at radius 1 is 1.12 bits per heavy atom. The number of hydrogen-bond donors (Lipinski definition) is 1. The minimum atomic E-state index is -3.89. The molecule has 214 valence electrons. The molecular formula is C27H32ClN5O5S2. The van der Waals surface area contributed by atoms with E-state index in [0.717, 1.165) is 23.8 Å². The van der Waals surface area contributed by atoms with Crippen molar-refractivity contribution in [1.82, 2.24) is 24.4 Å². The van der Waals surface area contributed by atoms with Crippen LogP contribution in [-0.4, -0.2) is 90.6 Å². The second-order valence-electron chi connectivity index (χ2n) is 10.4.